The predicted octanol–water partition coefficient (Wildman–Crippen LogP) is 0.783. The zero-order valence-corrected chi connectivity index (χ0v) is 12.0. The van der Waals surface area contributed by atoms with Crippen LogP contribution in [0.25, 0.3) is 0 Å². The molecule has 0 bridgehead atoms. The maximum Gasteiger partial charge on any atom is 0.251 e. The Labute approximate surface area is 122 Å². The maximum absolute atomic E-state index is 12.8. The Balaban J connectivity index is 2.04. The Kier molecular flexibility index (Phi) is 4.57. The van der Waals surface area contributed by atoms with Gasteiger partial charge in [-0.3, -0.25) is 9.59 Å². The van der Waals surface area contributed by atoms with E-state index in [2.05, 4.69) is 5.32 Å². The number of amides is 2. The first kappa shape index (κ1) is 15.4. The summed E-state index contributed by atoms with van der Waals surface area (Å²) in [7, 11) is 0. The van der Waals surface area contributed by atoms with E-state index in [1.165, 1.54) is 29.2 Å². The largest absolute Gasteiger partial charge is 0.389 e. The van der Waals surface area contributed by atoms with Gasteiger partial charge in [0.15, 0.2) is 0 Å². The highest BCUT2D eigenvalue weighted by atomic mass is 19.1. The quantitative estimate of drug-likeness (QED) is 0.862. The minimum absolute atomic E-state index is 0.0837. The zero-order chi connectivity index (χ0) is 15.6. The molecule has 1 atom stereocenters. The van der Waals surface area contributed by atoms with Crippen molar-refractivity contribution in [2.45, 2.75) is 26.0 Å². The van der Waals surface area contributed by atoms with Crippen LogP contribution in [0.15, 0.2) is 24.3 Å². The van der Waals surface area contributed by atoms with Crippen LogP contribution in [0.1, 0.15) is 24.2 Å². The van der Waals surface area contributed by atoms with Crippen molar-refractivity contribution >= 4 is 11.8 Å². The van der Waals surface area contributed by atoms with Crippen LogP contribution in [0, 0.1) is 11.7 Å². The third-order valence-electron chi connectivity index (χ3n) is 3.50. The van der Waals surface area contributed by atoms with E-state index < -0.39 is 23.9 Å². The van der Waals surface area contributed by atoms with Gasteiger partial charge in [-0.15, -0.1) is 0 Å². The van der Waals surface area contributed by atoms with Gasteiger partial charge in [0.1, 0.15) is 11.9 Å². The molecule has 1 saturated heterocycles. The number of benzene rings is 1. The Bertz CT molecular complexity index is 524. The molecule has 0 aromatic heterocycles. The second-order valence-electron chi connectivity index (χ2n) is 5.60. The second-order valence-corrected chi connectivity index (χ2v) is 5.60. The van der Waals surface area contributed by atoms with Gasteiger partial charge in [0.2, 0.25) is 5.91 Å². The number of nitrogens with zero attached hydrogens (tertiary/aromatic N) is 1. The lowest BCUT2D eigenvalue weighted by atomic mass is 10.00. The molecule has 1 aliphatic heterocycles. The Morgan fingerprint density at radius 2 is 1.86 bits per heavy atom. The van der Waals surface area contributed by atoms with Gasteiger partial charge >= 0.3 is 0 Å². The number of carbonyl (C=O) groups excluding carboxylic acids is 2. The first-order chi connectivity index (χ1) is 9.88. The lowest BCUT2D eigenvalue weighted by Crippen LogP contribution is -2.60. The number of likely N-dealkylation sites (tertiary alicyclic amines) is 1. The lowest BCUT2D eigenvalue weighted by molar-refractivity contribution is -0.144. The van der Waals surface area contributed by atoms with Gasteiger partial charge in [-0.2, -0.15) is 0 Å². The van der Waals surface area contributed by atoms with E-state index in [1.807, 2.05) is 13.8 Å². The van der Waals surface area contributed by atoms with E-state index >= 15 is 0 Å². The van der Waals surface area contributed by atoms with Crippen LogP contribution in [0.5, 0.6) is 0 Å². The number of hydrogen-bond acceptors (Lipinski definition) is 3. The Morgan fingerprint density at radius 3 is 2.33 bits per heavy atom. The summed E-state index contributed by atoms with van der Waals surface area (Å²) in [5, 5.41) is 11.9. The number of β-amino-alcohol motifs (C(OH)–C–C–N with tert-alkyl or cyclic N) is 1. The maximum atomic E-state index is 12.8. The van der Waals surface area contributed by atoms with Crippen molar-refractivity contribution in [3.63, 3.8) is 0 Å². The zero-order valence-electron chi connectivity index (χ0n) is 12.0. The second kappa shape index (κ2) is 6.22. The topological polar surface area (TPSA) is 69.6 Å². The first-order valence-electron chi connectivity index (χ1n) is 6.91. The van der Waals surface area contributed by atoms with Crippen LogP contribution in [0.3, 0.4) is 0 Å². The summed E-state index contributed by atoms with van der Waals surface area (Å²) in [5.41, 5.74) is 0.304. The number of rotatable bonds is 4. The fourth-order valence-corrected chi connectivity index (χ4v) is 2.17. The molecule has 0 spiro atoms. The van der Waals surface area contributed by atoms with Crippen LogP contribution in [0.2, 0.25) is 0 Å². The summed E-state index contributed by atoms with van der Waals surface area (Å²) < 4.78 is 12.8. The number of aliphatic hydroxyl groups excluding tert-OH is 1. The first-order valence-corrected chi connectivity index (χ1v) is 6.91. The van der Waals surface area contributed by atoms with Gasteiger partial charge in [-0.25, -0.2) is 4.39 Å². The molecule has 2 rings (SSSR count). The number of nitrogens with one attached hydrogen (secondary N) is 1. The summed E-state index contributed by atoms with van der Waals surface area (Å²) >= 11 is 0. The number of hydrogen-bond donors (Lipinski definition) is 2. The monoisotopic (exact) mass is 294 g/mol. The summed E-state index contributed by atoms with van der Waals surface area (Å²) in [6, 6.07) is 4.50. The molecular formula is C15H19FN2O3. The summed E-state index contributed by atoms with van der Waals surface area (Å²) in [5.74, 6) is -1.12. The van der Waals surface area contributed by atoms with E-state index in [1.54, 1.807) is 0 Å². The minimum Gasteiger partial charge on any atom is -0.389 e. The van der Waals surface area contributed by atoms with Crippen molar-refractivity contribution in [3.05, 3.63) is 35.6 Å². The van der Waals surface area contributed by atoms with Crippen LogP contribution < -0.4 is 5.32 Å². The molecule has 0 radical (unpaired) electrons. The lowest BCUT2D eigenvalue weighted by Gasteiger charge is -2.39. The third kappa shape index (κ3) is 3.58. The van der Waals surface area contributed by atoms with Crippen LogP contribution in [0.4, 0.5) is 4.39 Å². The molecule has 1 aromatic rings. The van der Waals surface area contributed by atoms with Gasteiger partial charge in [0, 0.05) is 18.7 Å². The fourth-order valence-electron chi connectivity index (χ4n) is 2.17. The predicted molar refractivity (Wildman–Crippen MR) is 75.1 cm³/mol. The average molecular weight is 294 g/mol. The molecule has 1 aromatic carbocycles. The van der Waals surface area contributed by atoms with Gasteiger partial charge in [-0.1, -0.05) is 13.8 Å². The fraction of sp³-hybridized carbons (Fsp3) is 0.467. The van der Waals surface area contributed by atoms with E-state index in [9.17, 15) is 19.1 Å². The van der Waals surface area contributed by atoms with E-state index in [0.29, 0.717) is 18.7 Å². The highest BCUT2D eigenvalue weighted by Gasteiger charge is 2.35. The molecule has 1 unspecified atom stereocenters. The molecule has 5 nitrogen and oxygen atoms in total. The molecule has 114 valence electrons. The van der Waals surface area contributed by atoms with Crippen molar-refractivity contribution in [2.75, 3.05) is 13.1 Å². The molecule has 1 heterocycles. The molecular weight excluding hydrogens is 275 g/mol. The standard InChI is InChI=1S/C15H19FN2O3/c1-9(2)13(15(21)18-7-12(19)8-18)17-14(20)10-3-5-11(16)6-4-10/h3-6,9,12-13,19H,7-8H2,1-2H3,(H,17,20). The van der Waals surface area contributed by atoms with Crippen LogP contribution >= 0.6 is 0 Å². The molecule has 1 fully saturated rings. The Hall–Kier alpha value is -1.95. The van der Waals surface area contributed by atoms with Crippen LogP contribution in [-0.4, -0.2) is 47.1 Å². The highest BCUT2D eigenvalue weighted by Crippen LogP contribution is 2.14. The van der Waals surface area contributed by atoms with Crippen molar-refractivity contribution < 1.29 is 19.1 Å². The van der Waals surface area contributed by atoms with Crippen molar-refractivity contribution in [2.24, 2.45) is 5.92 Å². The van der Waals surface area contributed by atoms with Crippen molar-refractivity contribution in [1.82, 2.24) is 10.2 Å². The molecule has 2 N–H and O–H groups in total. The van der Waals surface area contributed by atoms with E-state index in [0.717, 1.165) is 0 Å². The van der Waals surface area contributed by atoms with Crippen molar-refractivity contribution in [1.29, 1.82) is 0 Å². The van der Waals surface area contributed by atoms with Gasteiger partial charge in [-0.05, 0) is 30.2 Å². The number of carbonyl (C=O) groups is 2. The molecule has 6 heteroatoms. The normalized spacial score (nSPS) is 16.5. The van der Waals surface area contributed by atoms with Gasteiger partial charge in [0.05, 0.1) is 6.10 Å². The molecule has 2 amide bonds. The SMILES string of the molecule is CC(C)C(NC(=O)c1ccc(F)cc1)C(=O)N1CC(O)C1. The summed E-state index contributed by atoms with van der Waals surface area (Å²) in [6.45, 7) is 4.27. The number of halogens is 1. The number of aliphatic hydroxyl groups is 1. The van der Waals surface area contributed by atoms with Gasteiger partial charge < -0.3 is 15.3 Å². The van der Waals surface area contributed by atoms with Crippen LogP contribution in [-0.2, 0) is 4.79 Å². The van der Waals surface area contributed by atoms with E-state index in [-0.39, 0.29) is 11.8 Å². The molecule has 21 heavy (non-hydrogen) atoms. The van der Waals surface area contributed by atoms with Gasteiger partial charge in [0.25, 0.3) is 5.91 Å². The van der Waals surface area contributed by atoms with E-state index in [4.69, 9.17) is 0 Å². The average Bonchev–Trinajstić information content (AvgIpc) is 2.40. The minimum atomic E-state index is -0.657. The summed E-state index contributed by atoms with van der Waals surface area (Å²) in [4.78, 5) is 25.9. The highest BCUT2D eigenvalue weighted by molar-refractivity contribution is 5.97. The Morgan fingerprint density at radius 1 is 1.29 bits per heavy atom. The smallest absolute Gasteiger partial charge is 0.251 e. The van der Waals surface area contributed by atoms with Crippen molar-refractivity contribution in [3.8, 4) is 0 Å². The molecule has 0 aliphatic carbocycles. The third-order valence-corrected chi connectivity index (χ3v) is 3.50. The molecule has 0 saturated carbocycles. The molecule has 1 aliphatic rings. The summed E-state index contributed by atoms with van der Waals surface area (Å²) in [6.07, 6.45) is -0.477.